The summed E-state index contributed by atoms with van der Waals surface area (Å²) in [6, 6.07) is 4.64. The van der Waals surface area contributed by atoms with E-state index < -0.39 is 35.2 Å². The average molecular weight is 572 g/mol. The molecule has 10 nitrogen and oxygen atoms in total. The summed E-state index contributed by atoms with van der Waals surface area (Å²) in [5.41, 5.74) is 0.971. The van der Waals surface area contributed by atoms with Crippen molar-refractivity contribution in [2.45, 2.75) is 117 Å². The number of nitrogens with zero attached hydrogens (tertiary/aromatic N) is 3. The fraction of sp³-hybridized carbons (Fsp3) is 0.645. The van der Waals surface area contributed by atoms with Crippen molar-refractivity contribution in [2.75, 3.05) is 18.5 Å². The number of hydrogen-bond acceptors (Lipinski definition) is 8. The molecule has 0 radical (unpaired) electrons. The van der Waals surface area contributed by atoms with Crippen molar-refractivity contribution < 1.29 is 33.4 Å². The molecule has 0 aliphatic carbocycles. The lowest BCUT2D eigenvalue weighted by molar-refractivity contribution is -0.155. The minimum atomic E-state index is -1.01. The Labute approximate surface area is 243 Å². The Morgan fingerprint density at radius 1 is 0.927 bits per heavy atom. The predicted octanol–water partition coefficient (Wildman–Crippen LogP) is 5.21. The highest BCUT2D eigenvalue weighted by Gasteiger charge is 2.46. The maximum absolute atomic E-state index is 13.4. The first-order chi connectivity index (χ1) is 19.1. The van der Waals surface area contributed by atoms with Crippen molar-refractivity contribution in [3.05, 3.63) is 29.3 Å². The number of rotatable bonds is 10. The zero-order valence-corrected chi connectivity index (χ0v) is 25.6. The molecule has 1 saturated heterocycles. The number of unbranched alkanes of at least 4 members (excludes halogenated alkanes) is 4. The van der Waals surface area contributed by atoms with Gasteiger partial charge in [-0.2, -0.15) is 4.90 Å². The van der Waals surface area contributed by atoms with Crippen LogP contribution in [0.2, 0.25) is 0 Å². The number of ether oxygens (including phenoxy) is 2. The van der Waals surface area contributed by atoms with Crippen LogP contribution in [0.15, 0.2) is 18.2 Å². The summed E-state index contributed by atoms with van der Waals surface area (Å²) in [6.45, 7) is 11.6. The summed E-state index contributed by atoms with van der Waals surface area (Å²) in [5, 5.41) is 0. The van der Waals surface area contributed by atoms with Crippen molar-refractivity contribution in [3.63, 3.8) is 0 Å². The Kier molecular flexibility index (Phi) is 10.2. The van der Waals surface area contributed by atoms with Crippen LogP contribution >= 0.6 is 0 Å². The highest BCUT2D eigenvalue weighted by molar-refractivity contribution is 6.13. The number of fused-ring (bicyclic) bond motifs is 1. The fourth-order valence-electron chi connectivity index (χ4n) is 5.16. The largest absolute Gasteiger partial charge is 0.460 e. The van der Waals surface area contributed by atoms with Crippen LogP contribution in [0.1, 0.15) is 109 Å². The third kappa shape index (κ3) is 8.53. The molecule has 1 atom stereocenters. The van der Waals surface area contributed by atoms with Gasteiger partial charge in [-0.1, -0.05) is 25.3 Å². The number of amides is 4. The smallest absolute Gasteiger partial charge is 0.424 e. The van der Waals surface area contributed by atoms with E-state index in [1.807, 2.05) is 40.0 Å². The summed E-state index contributed by atoms with van der Waals surface area (Å²) in [5.74, 6) is -1.77. The summed E-state index contributed by atoms with van der Waals surface area (Å²) >= 11 is 0. The molecule has 1 fully saturated rings. The number of carbonyl (C=O) groups is 5. The normalized spacial score (nSPS) is 17.5. The first kappa shape index (κ1) is 32.1. The van der Waals surface area contributed by atoms with Gasteiger partial charge in [-0.05, 0) is 72.9 Å². The van der Waals surface area contributed by atoms with Crippen molar-refractivity contribution in [3.8, 4) is 0 Å². The Morgan fingerprint density at radius 3 is 2.22 bits per heavy atom. The van der Waals surface area contributed by atoms with Crippen LogP contribution in [-0.2, 0) is 30.4 Å². The number of piperidine rings is 1. The Morgan fingerprint density at radius 2 is 1.56 bits per heavy atom. The second kappa shape index (κ2) is 13.0. The number of anilines is 1. The standard InChI is InChI=1S/C31H45N3O7/c1-30(2,3)40-26(36)16-11-9-8-10-12-19-32(7)23-15-13-14-21-22(23)20-33(27(21)37)24-17-18-25(35)34(28(24)38)29(39)41-31(4,5)6/h13-15,24H,8-12,16-20H2,1-7H3. The van der Waals surface area contributed by atoms with Gasteiger partial charge in [-0.15, -0.1) is 0 Å². The van der Waals surface area contributed by atoms with Gasteiger partial charge < -0.3 is 19.3 Å². The first-order valence-electron chi connectivity index (χ1n) is 14.5. The summed E-state index contributed by atoms with van der Waals surface area (Å²) in [6.07, 6.45) is 4.33. The molecule has 3 rings (SSSR count). The molecule has 1 unspecified atom stereocenters. The second-order valence-electron chi connectivity index (χ2n) is 12.9. The van der Waals surface area contributed by atoms with Gasteiger partial charge in [0, 0.05) is 49.8 Å². The van der Waals surface area contributed by atoms with E-state index in [0.29, 0.717) is 16.9 Å². The van der Waals surface area contributed by atoms with Crippen molar-refractivity contribution in [1.29, 1.82) is 0 Å². The number of likely N-dealkylation sites (tertiary alicyclic amines) is 1. The van der Waals surface area contributed by atoms with Gasteiger partial charge in [-0.25, -0.2) is 4.79 Å². The Bertz CT molecular complexity index is 1170. The zero-order chi connectivity index (χ0) is 30.5. The minimum Gasteiger partial charge on any atom is -0.460 e. The molecule has 0 spiro atoms. The van der Waals surface area contributed by atoms with Crippen LogP contribution in [0, 0.1) is 0 Å². The van der Waals surface area contributed by atoms with E-state index in [9.17, 15) is 24.0 Å². The lowest BCUT2D eigenvalue weighted by Gasteiger charge is -2.35. The summed E-state index contributed by atoms with van der Waals surface area (Å²) in [4.78, 5) is 67.8. The fourth-order valence-corrected chi connectivity index (χ4v) is 5.16. The molecule has 226 valence electrons. The summed E-state index contributed by atoms with van der Waals surface area (Å²) in [7, 11) is 1.99. The maximum Gasteiger partial charge on any atom is 0.424 e. The Hall–Kier alpha value is -3.43. The van der Waals surface area contributed by atoms with Crippen LogP contribution in [0.4, 0.5) is 10.5 Å². The lowest BCUT2D eigenvalue weighted by atomic mass is 10.0. The van der Waals surface area contributed by atoms with E-state index in [1.54, 1.807) is 26.8 Å². The van der Waals surface area contributed by atoms with Crippen molar-refractivity contribution in [2.24, 2.45) is 0 Å². The molecular weight excluding hydrogens is 526 g/mol. The molecule has 2 heterocycles. The van der Waals surface area contributed by atoms with E-state index in [4.69, 9.17) is 9.47 Å². The molecule has 2 aliphatic heterocycles. The number of benzene rings is 1. The Balaban J connectivity index is 1.56. The number of carbonyl (C=O) groups excluding carboxylic acids is 5. The first-order valence-corrected chi connectivity index (χ1v) is 14.5. The number of imide groups is 3. The molecular formula is C31H45N3O7. The van der Waals surface area contributed by atoms with E-state index in [-0.39, 0.29) is 31.3 Å². The molecule has 0 aromatic heterocycles. The molecule has 2 aliphatic rings. The van der Waals surface area contributed by atoms with Gasteiger partial charge in [-0.3, -0.25) is 19.2 Å². The van der Waals surface area contributed by atoms with Gasteiger partial charge in [0.15, 0.2) is 0 Å². The van der Waals surface area contributed by atoms with Gasteiger partial charge in [0.2, 0.25) is 5.91 Å². The number of hydrogen-bond donors (Lipinski definition) is 0. The van der Waals surface area contributed by atoms with Crippen molar-refractivity contribution >= 4 is 35.5 Å². The van der Waals surface area contributed by atoms with E-state index in [2.05, 4.69) is 4.90 Å². The molecule has 0 N–H and O–H groups in total. The molecule has 10 heteroatoms. The predicted molar refractivity (Wildman–Crippen MR) is 154 cm³/mol. The molecule has 4 amide bonds. The van der Waals surface area contributed by atoms with Crippen LogP contribution in [0.25, 0.3) is 0 Å². The topological polar surface area (TPSA) is 114 Å². The van der Waals surface area contributed by atoms with Crippen LogP contribution in [0.5, 0.6) is 0 Å². The molecule has 1 aromatic rings. The minimum absolute atomic E-state index is 0.0275. The van der Waals surface area contributed by atoms with Crippen LogP contribution in [-0.4, -0.2) is 70.4 Å². The van der Waals surface area contributed by atoms with Gasteiger partial charge in [0.05, 0.1) is 0 Å². The highest BCUT2D eigenvalue weighted by atomic mass is 16.6. The number of esters is 1. The van der Waals surface area contributed by atoms with E-state index in [0.717, 1.165) is 49.9 Å². The quantitative estimate of drug-likeness (QED) is 0.214. The average Bonchev–Trinajstić information content (AvgIpc) is 3.17. The third-order valence-electron chi connectivity index (χ3n) is 7.02. The van der Waals surface area contributed by atoms with Crippen LogP contribution in [0.3, 0.4) is 0 Å². The van der Waals surface area contributed by atoms with Gasteiger partial charge in [0.1, 0.15) is 17.2 Å². The lowest BCUT2D eigenvalue weighted by Crippen LogP contribution is -2.57. The maximum atomic E-state index is 13.4. The zero-order valence-electron chi connectivity index (χ0n) is 25.6. The second-order valence-corrected chi connectivity index (χ2v) is 12.9. The monoisotopic (exact) mass is 571 g/mol. The highest BCUT2D eigenvalue weighted by Crippen LogP contribution is 2.35. The molecule has 1 aromatic carbocycles. The SMILES string of the molecule is CN(CCCCCCCC(=O)OC(C)(C)C)c1cccc2c1CN(C1CCC(=O)N(C(=O)OC(C)(C)C)C1=O)C2=O. The van der Waals surface area contributed by atoms with Gasteiger partial charge in [0.25, 0.3) is 11.8 Å². The third-order valence-corrected chi connectivity index (χ3v) is 7.02. The van der Waals surface area contributed by atoms with Crippen molar-refractivity contribution in [1.82, 2.24) is 9.80 Å². The van der Waals surface area contributed by atoms with Gasteiger partial charge >= 0.3 is 12.1 Å². The molecule has 0 bridgehead atoms. The van der Waals surface area contributed by atoms with E-state index >= 15 is 0 Å². The molecule has 41 heavy (non-hydrogen) atoms. The molecule has 0 saturated carbocycles. The van der Waals surface area contributed by atoms with E-state index in [1.165, 1.54) is 4.90 Å². The summed E-state index contributed by atoms with van der Waals surface area (Å²) < 4.78 is 10.6. The van der Waals surface area contributed by atoms with Crippen LogP contribution < -0.4 is 4.90 Å².